The summed E-state index contributed by atoms with van der Waals surface area (Å²) in [6.07, 6.45) is 1.91. The molecule has 0 aliphatic carbocycles. The van der Waals surface area contributed by atoms with Gasteiger partial charge in [0.25, 0.3) is 0 Å². The molecule has 0 amide bonds. The Bertz CT molecular complexity index is 707. The number of rotatable bonds is 4. The maximum absolute atomic E-state index is 12.7. The molecule has 0 N–H and O–H groups in total. The van der Waals surface area contributed by atoms with Gasteiger partial charge in [-0.1, -0.05) is 6.42 Å². The Balaban J connectivity index is 2.18. The normalized spacial score (nSPS) is 20.5. The summed E-state index contributed by atoms with van der Waals surface area (Å²) in [5, 5.41) is 8.64. The van der Waals surface area contributed by atoms with Crippen LogP contribution in [-0.4, -0.2) is 37.4 Å². The second-order valence-corrected chi connectivity index (χ2v) is 7.55. The number of ether oxygens (including phenoxy) is 1. The first-order valence-corrected chi connectivity index (χ1v) is 9.03. The Morgan fingerprint density at radius 1 is 1.35 bits per heavy atom. The lowest BCUT2D eigenvalue weighted by Crippen LogP contribution is -2.41. The largest absolute Gasteiger partial charge is 0.444 e. The van der Waals surface area contributed by atoms with Crippen molar-refractivity contribution in [1.29, 1.82) is 5.26 Å². The zero-order chi connectivity index (χ0) is 17.0. The van der Waals surface area contributed by atoms with Crippen molar-refractivity contribution in [3.05, 3.63) is 29.8 Å². The van der Waals surface area contributed by atoms with E-state index in [4.69, 9.17) is 10.00 Å². The number of carbonyl (C=O) groups excluding carboxylic acids is 1. The van der Waals surface area contributed by atoms with E-state index in [9.17, 15) is 13.2 Å². The molecule has 0 spiro atoms. The number of carbonyl (C=O) groups is 1. The first-order valence-electron chi connectivity index (χ1n) is 7.59. The zero-order valence-electron chi connectivity index (χ0n) is 13.2. The predicted molar refractivity (Wildman–Crippen MR) is 84.1 cm³/mol. The molecule has 0 unspecified atom stereocenters. The van der Waals surface area contributed by atoms with E-state index in [1.165, 1.54) is 35.5 Å². The number of hydrogen-bond donors (Lipinski definition) is 0. The molecule has 7 heteroatoms. The fraction of sp³-hybridized carbons (Fsp3) is 0.500. The Labute approximate surface area is 136 Å². The van der Waals surface area contributed by atoms with Crippen molar-refractivity contribution in [2.75, 3.05) is 6.54 Å². The Hall–Kier alpha value is -1.91. The molecule has 1 aromatic rings. The molecule has 0 aromatic heterocycles. The van der Waals surface area contributed by atoms with Gasteiger partial charge in [0.05, 0.1) is 10.5 Å². The molecule has 124 valence electrons. The molecule has 2 atom stereocenters. The van der Waals surface area contributed by atoms with E-state index < -0.39 is 22.1 Å². The maximum Gasteiger partial charge on any atom is 0.339 e. The van der Waals surface area contributed by atoms with E-state index in [1.807, 2.05) is 6.92 Å². The van der Waals surface area contributed by atoms with Crippen LogP contribution >= 0.6 is 0 Å². The molecule has 0 saturated carbocycles. The van der Waals surface area contributed by atoms with E-state index in [0.717, 1.165) is 19.3 Å². The first-order chi connectivity index (χ1) is 10.9. The summed E-state index contributed by atoms with van der Waals surface area (Å²) in [7, 11) is -3.55. The van der Waals surface area contributed by atoms with Gasteiger partial charge in [-0.25, -0.2) is 13.2 Å². The van der Waals surface area contributed by atoms with Gasteiger partial charge in [0.2, 0.25) is 10.0 Å². The Kier molecular flexibility index (Phi) is 5.39. The maximum atomic E-state index is 12.7. The van der Waals surface area contributed by atoms with Crippen molar-refractivity contribution >= 4 is 16.0 Å². The van der Waals surface area contributed by atoms with Gasteiger partial charge < -0.3 is 4.74 Å². The summed E-state index contributed by atoms with van der Waals surface area (Å²) in [5.41, 5.74) is 0.220. The monoisotopic (exact) mass is 336 g/mol. The third-order valence-electron chi connectivity index (χ3n) is 3.90. The highest BCUT2D eigenvalue weighted by Gasteiger charge is 2.30. The van der Waals surface area contributed by atoms with E-state index in [0.29, 0.717) is 6.54 Å². The minimum Gasteiger partial charge on any atom is -0.444 e. The fourth-order valence-electron chi connectivity index (χ4n) is 2.58. The first kappa shape index (κ1) is 17.4. The number of hydrogen-bond acceptors (Lipinski definition) is 5. The topological polar surface area (TPSA) is 87.5 Å². The molecular formula is C16H20N2O4S. The number of piperidine rings is 1. The summed E-state index contributed by atoms with van der Waals surface area (Å²) < 4.78 is 31.7. The summed E-state index contributed by atoms with van der Waals surface area (Å²) in [6, 6.07) is 7.42. The van der Waals surface area contributed by atoms with E-state index >= 15 is 0 Å². The highest BCUT2D eigenvalue weighted by Crippen LogP contribution is 2.25. The second kappa shape index (κ2) is 7.11. The number of benzene rings is 1. The predicted octanol–water partition coefficient (Wildman–Crippen LogP) is 2.32. The van der Waals surface area contributed by atoms with Crippen LogP contribution in [0.5, 0.6) is 0 Å². The minimum atomic E-state index is -3.55. The highest BCUT2D eigenvalue weighted by atomic mass is 32.2. The number of nitriles is 1. The van der Waals surface area contributed by atoms with Crippen molar-refractivity contribution in [2.45, 2.75) is 50.2 Å². The average Bonchev–Trinajstić information content (AvgIpc) is 2.55. The Morgan fingerprint density at radius 2 is 2.00 bits per heavy atom. The third kappa shape index (κ3) is 3.89. The third-order valence-corrected chi connectivity index (χ3v) is 5.93. The van der Waals surface area contributed by atoms with Crippen molar-refractivity contribution in [2.24, 2.45) is 0 Å². The molecule has 1 aliphatic rings. The molecule has 1 aromatic carbocycles. The van der Waals surface area contributed by atoms with E-state index in [1.54, 1.807) is 6.07 Å². The van der Waals surface area contributed by atoms with Gasteiger partial charge in [-0.3, -0.25) is 0 Å². The van der Waals surface area contributed by atoms with E-state index in [2.05, 4.69) is 0 Å². The standard InChI is InChI=1S/C16H20N2O4S/c1-12-5-3-4-10-18(12)23(20,21)15-8-6-14(7-9-15)16(19)22-13(2)11-17/h6-9,12-13H,3-5,10H2,1-2H3/t12-,13-/m0/s1. The molecule has 1 aliphatic heterocycles. The smallest absolute Gasteiger partial charge is 0.339 e. The fourth-order valence-corrected chi connectivity index (χ4v) is 4.28. The van der Waals surface area contributed by atoms with Gasteiger partial charge in [0.15, 0.2) is 6.10 Å². The van der Waals surface area contributed by atoms with Gasteiger partial charge in [-0.05, 0) is 51.0 Å². The van der Waals surface area contributed by atoms with Crippen LogP contribution in [0.4, 0.5) is 0 Å². The van der Waals surface area contributed by atoms with Crippen LogP contribution in [0, 0.1) is 11.3 Å². The molecular weight excluding hydrogens is 316 g/mol. The van der Waals surface area contributed by atoms with E-state index in [-0.39, 0.29) is 16.5 Å². The van der Waals surface area contributed by atoms with Crippen LogP contribution < -0.4 is 0 Å². The lowest BCUT2D eigenvalue weighted by atomic mass is 10.1. The average molecular weight is 336 g/mol. The molecule has 23 heavy (non-hydrogen) atoms. The van der Waals surface area contributed by atoms with Crippen LogP contribution in [0.3, 0.4) is 0 Å². The van der Waals surface area contributed by atoms with Crippen LogP contribution in [-0.2, 0) is 14.8 Å². The van der Waals surface area contributed by atoms with Crippen molar-refractivity contribution < 1.29 is 17.9 Å². The van der Waals surface area contributed by atoms with Crippen LogP contribution in [0.25, 0.3) is 0 Å². The van der Waals surface area contributed by atoms with Gasteiger partial charge in [0, 0.05) is 12.6 Å². The summed E-state index contributed by atoms with van der Waals surface area (Å²) in [4.78, 5) is 12.0. The highest BCUT2D eigenvalue weighted by molar-refractivity contribution is 7.89. The molecule has 2 rings (SSSR count). The van der Waals surface area contributed by atoms with Crippen LogP contribution in [0.2, 0.25) is 0 Å². The van der Waals surface area contributed by atoms with Crippen LogP contribution in [0.15, 0.2) is 29.2 Å². The van der Waals surface area contributed by atoms with Gasteiger partial charge >= 0.3 is 5.97 Å². The van der Waals surface area contributed by atoms with Gasteiger partial charge in [0.1, 0.15) is 6.07 Å². The summed E-state index contributed by atoms with van der Waals surface area (Å²) in [6.45, 7) is 3.90. The lowest BCUT2D eigenvalue weighted by Gasteiger charge is -2.32. The van der Waals surface area contributed by atoms with Crippen molar-refractivity contribution in [1.82, 2.24) is 4.31 Å². The Morgan fingerprint density at radius 3 is 2.57 bits per heavy atom. The second-order valence-electron chi connectivity index (χ2n) is 5.66. The van der Waals surface area contributed by atoms with Crippen LogP contribution in [0.1, 0.15) is 43.5 Å². The summed E-state index contributed by atoms with van der Waals surface area (Å²) in [5.74, 6) is -0.644. The SMILES string of the molecule is C[C@@H](C#N)OC(=O)c1ccc(S(=O)(=O)N2CCCC[C@@H]2C)cc1. The molecule has 1 fully saturated rings. The summed E-state index contributed by atoms with van der Waals surface area (Å²) >= 11 is 0. The van der Waals surface area contributed by atoms with Gasteiger partial charge in [-0.2, -0.15) is 9.57 Å². The molecule has 0 bridgehead atoms. The minimum absolute atomic E-state index is 0.0186. The number of nitrogens with zero attached hydrogens (tertiary/aromatic N) is 2. The number of esters is 1. The molecule has 1 saturated heterocycles. The van der Waals surface area contributed by atoms with Gasteiger partial charge in [-0.15, -0.1) is 0 Å². The van der Waals surface area contributed by atoms with Crippen molar-refractivity contribution in [3.8, 4) is 6.07 Å². The quantitative estimate of drug-likeness (QED) is 0.787. The molecule has 1 heterocycles. The number of sulfonamides is 1. The molecule has 6 nitrogen and oxygen atoms in total. The molecule has 0 radical (unpaired) electrons. The lowest BCUT2D eigenvalue weighted by molar-refractivity contribution is 0.0435. The van der Waals surface area contributed by atoms with Crippen molar-refractivity contribution in [3.63, 3.8) is 0 Å². The zero-order valence-corrected chi connectivity index (χ0v) is 14.0.